The zero-order valence-corrected chi connectivity index (χ0v) is 14.9. The Morgan fingerprint density at radius 1 is 1.25 bits per heavy atom. The van der Waals surface area contributed by atoms with E-state index in [4.69, 9.17) is 14.2 Å². The predicted octanol–water partition coefficient (Wildman–Crippen LogP) is 2.96. The van der Waals surface area contributed by atoms with Crippen LogP contribution in [-0.2, 0) is 4.79 Å². The number of aliphatic carboxylic acids is 1. The number of nitrogens with zero attached hydrogens (tertiary/aromatic N) is 1. The van der Waals surface area contributed by atoms with Gasteiger partial charge in [0.2, 0.25) is 5.75 Å². The third-order valence-electron chi connectivity index (χ3n) is 4.70. The molecular weight excluding hydrogens is 310 g/mol. The van der Waals surface area contributed by atoms with Crippen LogP contribution in [0.15, 0.2) is 12.1 Å². The second-order valence-electron chi connectivity index (χ2n) is 6.06. The summed E-state index contributed by atoms with van der Waals surface area (Å²) in [6.45, 7) is 3.58. The summed E-state index contributed by atoms with van der Waals surface area (Å²) < 4.78 is 16.3. The Labute approximate surface area is 143 Å². The molecule has 1 N–H and O–H groups in total. The maximum Gasteiger partial charge on any atom is 0.307 e. The third-order valence-corrected chi connectivity index (χ3v) is 4.70. The number of piperidine rings is 1. The Morgan fingerprint density at radius 3 is 2.33 bits per heavy atom. The number of carbonyl (C=O) groups is 1. The lowest BCUT2D eigenvalue weighted by molar-refractivity contribution is -0.144. The van der Waals surface area contributed by atoms with E-state index in [-0.39, 0.29) is 12.0 Å². The molecular formula is C18H27NO5. The molecule has 0 amide bonds. The molecule has 2 atom stereocenters. The van der Waals surface area contributed by atoms with Crippen LogP contribution in [-0.4, -0.2) is 50.4 Å². The first-order valence-corrected chi connectivity index (χ1v) is 8.32. The minimum atomic E-state index is -0.709. The van der Waals surface area contributed by atoms with Crippen molar-refractivity contribution in [3.8, 4) is 17.2 Å². The van der Waals surface area contributed by atoms with Gasteiger partial charge in [-0.2, -0.15) is 0 Å². The van der Waals surface area contributed by atoms with Crippen molar-refractivity contribution in [2.75, 3.05) is 34.4 Å². The van der Waals surface area contributed by atoms with E-state index < -0.39 is 5.97 Å². The van der Waals surface area contributed by atoms with Crippen molar-refractivity contribution >= 4 is 5.97 Å². The molecule has 1 aromatic rings. The third kappa shape index (κ3) is 3.75. The first-order valence-electron chi connectivity index (χ1n) is 8.32. The van der Waals surface area contributed by atoms with Crippen LogP contribution in [0, 0.1) is 5.92 Å². The summed E-state index contributed by atoms with van der Waals surface area (Å²) >= 11 is 0. The Kier molecular flexibility index (Phi) is 6.31. The van der Waals surface area contributed by atoms with E-state index in [0.717, 1.165) is 31.4 Å². The summed E-state index contributed by atoms with van der Waals surface area (Å²) in [4.78, 5) is 13.6. The minimum absolute atomic E-state index is 0.126. The van der Waals surface area contributed by atoms with Crippen molar-refractivity contribution in [1.82, 2.24) is 4.90 Å². The lowest BCUT2D eigenvalue weighted by atomic mass is 9.93. The van der Waals surface area contributed by atoms with Gasteiger partial charge in [0.25, 0.3) is 0 Å². The molecule has 1 heterocycles. The predicted molar refractivity (Wildman–Crippen MR) is 91.1 cm³/mol. The van der Waals surface area contributed by atoms with Crippen LogP contribution in [0.5, 0.6) is 17.2 Å². The summed E-state index contributed by atoms with van der Waals surface area (Å²) in [6, 6.07) is 4.04. The molecule has 2 unspecified atom stereocenters. The minimum Gasteiger partial charge on any atom is -0.493 e. The highest BCUT2D eigenvalue weighted by molar-refractivity contribution is 5.70. The fraction of sp³-hybridized carbons (Fsp3) is 0.611. The van der Waals surface area contributed by atoms with Crippen LogP contribution < -0.4 is 14.2 Å². The Bertz CT molecular complexity index is 550. The average Bonchev–Trinajstić information content (AvgIpc) is 2.61. The Hall–Kier alpha value is -1.95. The van der Waals surface area contributed by atoms with Crippen molar-refractivity contribution < 1.29 is 24.1 Å². The van der Waals surface area contributed by atoms with Crippen LogP contribution in [0.1, 0.15) is 37.8 Å². The molecule has 6 nitrogen and oxygen atoms in total. The number of hydrogen-bond acceptors (Lipinski definition) is 5. The summed E-state index contributed by atoms with van der Waals surface area (Å²) in [5.41, 5.74) is 1.05. The van der Waals surface area contributed by atoms with Gasteiger partial charge in [-0.05, 0) is 43.5 Å². The number of likely N-dealkylation sites (tertiary alicyclic amines) is 1. The normalized spacial score (nSPS) is 19.6. The van der Waals surface area contributed by atoms with Crippen molar-refractivity contribution in [1.29, 1.82) is 0 Å². The number of ether oxygens (including phenoxy) is 3. The van der Waals surface area contributed by atoms with E-state index in [1.165, 1.54) is 0 Å². The summed E-state index contributed by atoms with van der Waals surface area (Å²) in [7, 11) is 4.78. The number of rotatable bonds is 7. The monoisotopic (exact) mass is 337 g/mol. The molecule has 0 bridgehead atoms. The molecule has 24 heavy (non-hydrogen) atoms. The average molecular weight is 337 g/mol. The molecule has 1 saturated heterocycles. The molecule has 1 aliphatic rings. The van der Waals surface area contributed by atoms with Crippen molar-refractivity contribution in [3.05, 3.63) is 17.7 Å². The SMILES string of the molecule is CCC(c1cc(OC)c(OC)c(OC)c1)N1CCCC(C(=O)O)C1. The van der Waals surface area contributed by atoms with Gasteiger partial charge in [0.1, 0.15) is 0 Å². The highest BCUT2D eigenvalue weighted by Gasteiger charge is 2.30. The van der Waals surface area contributed by atoms with Crippen molar-refractivity contribution in [3.63, 3.8) is 0 Å². The molecule has 1 aromatic carbocycles. The molecule has 6 heteroatoms. The second-order valence-corrected chi connectivity index (χ2v) is 6.06. The van der Waals surface area contributed by atoms with Gasteiger partial charge in [-0.15, -0.1) is 0 Å². The van der Waals surface area contributed by atoms with Gasteiger partial charge in [-0.3, -0.25) is 9.69 Å². The van der Waals surface area contributed by atoms with Gasteiger partial charge in [-0.1, -0.05) is 6.92 Å². The number of carboxylic acid groups (broad SMARTS) is 1. The quantitative estimate of drug-likeness (QED) is 0.825. The van der Waals surface area contributed by atoms with Gasteiger partial charge < -0.3 is 19.3 Å². The van der Waals surface area contributed by atoms with E-state index in [2.05, 4.69) is 11.8 Å². The van der Waals surface area contributed by atoms with Gasteiger partial charge in [0, 0.05) is 12.6 Å². The fourth-order valence-corrected chi connectivity index (χ4v) is 3.49. The van der Waals surface area contributed by atoms with Crippen LogP contribution in [0.3, 0.4) is 0 Å². The van der Waals surface area contributed by atoms with Crippen molar-refractivity contribution in [2.45, 2.75) is 32.2 Å². The standard InChI is InChI=1S/C18H27NO5/c1-5-14(19-8-6-7-12(11-19)18(20)21)13-9-15(22-2)17(24-4)16(10-13)23-3/h9-10,12,14H,5-8,11H2,1-4H3,(H,20,21). The summed E-state index contributed by atoms with van der Waals surface area (Å²) in [5, 5.41) is 9.33. The molecule has 0 saturated carbocycles. The molecule has 0 radical (unpaired) electrons. The fourth-order valence-electron chi connectivity index (χ4n) is 3.49. The molecule has 1 fully saturated rings. The maximum absolute atomic E-state index is 11.3. The van der Waals surface area contributed by atoms with Gasteiger partial charge in [0.05, 0.1) is 27.2 Å². The van der Waals surface area contributed by atoms with Gasteiger partial charge in [-0.25, -0.2) is 0 Å². The lowest BCUT2D eigenvalue weighted by Crippen LogP contribution is -2.40. The Morgan fingerprint density at radius 2 is 1.88 bits per heavy atom. The maximum atomic E-state index is 11.3. The molecule has 134 valence electrons. The van der Waals surface area contributed by atoms with E-state index >= 15 is 0 Å². The number of benzene rings is 1. The number of methoxy groups -OCH3 is 3. The van der Waals surface area contributed by atoms with Crippen LogP contribution in [0.25, 0.3) is 0 Å². The smallest absolute Gasteiger partial charge is 0.307 e. The van der Waals surface area contributed by atoms with Gasteiger partial charge >= 0.3 is 5.97 Å². The van der Waals surface area contributed by atoms with E-state index in [0.29, 0.717) is 23.8 Å². The van der Waals surface area contributed by atoms with E-state index in [9.17, 15) is 9.90 Å². The first-order chi connectivity index (χ1) is 11.5. The van der Waals surface area contributed by atoms with Crippen molar-refractivity contribution in [2.24, 2.45) is 5.92 Å². The topological polar surface area (TPSA) is 68.2 Å². The molecule has 0 spiro atoms. The van der Waals surface area contributed by atoms with E-state index in [1.807, 2.05) is 12.1 Å². The molecule has 0 aromatic heterocycles. The number of carboxylic acids is 1. The van der Waals surface area contributed by atoms with Crippen LogP contribution in [0.2, 0.25) is 0 Å². The second kappa shape index (κ2) is 8.24. The molecule has 2 rings (SSSR count). The van der Waals surface area contributed by atoms with Crippen LogP contribution >= 0.6 is 0 Å². The van der Waals surface area contributed by atoms with Gasteiger partial charge in [0.15, 0.2) is 11.5 Å². The number of hydrogen-bond donors (Lipinski definition) is 1. The molecule has 1 aliphatic heterocycles. The highest BCUT2D eigenvalue weighted by atomic mass is 16.5. The van der Waals surface area contributed by atoms with Crippen LogP contribution in [0.4, 0.5) is 0 Å². The summed E-state index contributed by atoms with van der Waals surface area (Å²) in [5.74, 6) is 0.809. The zero-order valence-electron chi connectivity index (χ0n) is 14.9. The Balaban J connectivity index is 2.34. The largest absolute Gasteiger partial charge is 0.493 e. The van der Waals surface area contributed by atoms with E-state index in [1.54, 1.807) is 21.3 Å². The summed E-state index contributed by atoms with van der Waals surface area (Å²) in [6.07, 6.45) is 2.53. The molecule has 0 aliphatic carbocycles. The highest BCUT2D eigenvalue weighted by Crippen LogP contribution is 2.41. The first kappa shape index (κ1) is 18.4. The lowest BCUT2D eigenvalue weighted by Gasteiger charge is -2.37. The zero-order chi connectivity index (χ0) is 17.7.